The first-order valence-electron chi connectivity index (χ1n) is 6.57. The van der Waals surface area contributed by atoms with Gasteiger partial charge in [-0.25, -0.2) is 4.98 Å². The van der Waals surface area contributed by atoms with Crippen LogP contribution in [0.5, 0.6) is 0 Å². The molecule has 1 aliphatic heterocycles. The predicted molar refractivity (Wildman–Crippen MR) is 76.2 cm³/mol. The van der Waals surface area contributed by atoms with E-state index < -0.39 is 0 Å². The Labute approximate surface area is 121 Å². The van der Waals surface area contributed by atoms with Crippen molar-refractivity contribution in [2.24, 2.45) is 0 Å². The van der Waals surface area contributed by atoms with E-state index in [9.17, 15) is 4.79 Å². The van der Waals surface area contributed by atoms with Crippen LogP contribution in [0.2, 0.25) is 0 Å². The quantitative estimate of drug-likeness (QED) is 0.935. The van der Waals surface area contributed by atoms with Crippen molar-refractivity contribution in [3.63, 3.8) is 0 Å². The standard InChI is InChI=1S/C14H15N3O2S/c18-14(12-2-1-7-19-12)16-8-13-17-11(9-20-13)10-3-5-15-6-4-10/h3-6,9,12H,1-2,7-8H2,(H,16,18). The Morgan fingerprint density at radius 3 is 3.05 bits per heavy atom. The zero-order valence-electron chi connectivity index (χ0n) is 10.9. The van der Waals surface area contributed by atoms with E-state index >= 15 is 0 Å². The lowest BCUT2D eigenvalue weighted by Crippen LogP contribution is -2.33. The summed E-state index contributed by atoms with van der Waals surface area (Å²) in [5.74, 6) is -0.0387. The van der Waals surface area contributed by atoms with Crippen molar-refractivity contribution in [2.75, 3.05) is 6.61 Å². The van der Waals surface area contributed by atoms with Crippen molar-refractivity contribution in [1.82, 2.24) is 15.3 Å². The van der Waals surface area contributed by atoms with E-state index in [1.807, 2.05) is 17.5 Å². The molecule has 1 N–H and O–H groups in total. The first-order chi connectivity index (χ1) is 9.83. The minimum Gasteiger partial charge on any atom is -0.368 e. The van der Waals surface area contributed by atoms with Gasteiger partial charge in [0.15, 0.2) is 0 Å². The number of carbonyl (C=O) groups is 1. The minimum atomic E-state index is -0.283. The van der Waals surface area contributed by atoms with E-state index in [-0.39, 0.29) is 12.0 Å². The molecule has 0 radical (unpaired) electrons. The lowest BCUT2D eigenvalue weighted by Gasteiger charge is -2.08. The molecule has 1 saturated heterocycles. The normalized spacial score (nSPS) is 18.1. The molecule has 1 atom stereocenters. The van der Waals surface area contributed by atoms with Crippen LogP contribution < -0.4 is 5.32 Å². The maximum atomic E-state index is 11.8. The Kier molecular flexibility index (Phi) is 4.03. The molecule has 0 spiro atoms. The van der Waals surface area contributed by atoms with Crippen LogP contribution in [0.25, 0.3) is 11.3 Å². The van der Waals surface area contributed by atoms with Crippen LogP contribution in [0.3, 0.4) is 0 Å². The molecule has 0 aliphatic carbocycles. The molecule has 6 heteroatoms. The Balaban J connectivity index is 1.59. The van der Waals surface area contributed by atoms with Crippen LogP contribution >= 0.6 is 11.3 Å². The second kappa shape index (κ2) is 6.11. The van der Waals surface area contributed by atoms with Crippen molar-refractivity contribution in [1.29, 1.82) is 0 Å². The number of hydrogen-bond donors (Lipinski definition) is 1. The monoisotopic (exact) mass is 289 g/mol. The van der Waals surface area contributed by atoms with Gasteiger partial charge in [0, 0.05) is 29.9 Å². The van der Waals surface area contributed by atoms with Crippen LogP contribution in [-0.4, -0.2) is 28.6 Å². The molecular weight excluding hydrogens is 274 g/mol. The van der Waals surface area contributed by atoms with Crippen molar-refractivity contribution in [2.45, 2.75) is 25.5 Å². The zero-order valence-corrected chi connectivity index (χ0v) is 11.7. The van der Waals surface area contributed by atoms with Gasteiger partial charge in [0.05, 0.1) is 12.2 Å². The van der Waals surface area contributed by atoms with Crippen molar-refractivity contribution < 1.29 is 9.53 Å². The van der Waals surface area contributed by atoms with Gasteiger partial charge in [0.2, 0.25) is 5.91 Å². The van der Waals surface area contributed by atoms with Crippen molar-refractivity contribution in [3.8, 4) is 11.3 Å². The number of rotatable bonds is 4. The van der Waals surface area contributed by atoms with E-state index in [0.29, 0.717) is 13.2 Å². The maximum Gasteiger partial charge on any atom is 0.249 e. The molecule has 1 fully saturated rings. The molecular formula is C14H15N3O2S. The summed E-state index contributed by atoms with van der Waals surface area (Å²) in [5, 5.41) is 5.76. The smallest absolute Gasteiger partial charge is 0.249 e. The van der Waals surface area contributed by atoms with Gasteiger partial charge in [-0.2, -0.15) is 0 Å². The molecule has 0 saturated carbocycles. The summed E-state index contributed by atoms with van der Waals surface area (Å²) in [6.45, 7) is 1.13. The third kappa shape index (κ3) is 3.02. The van der Waals surface area contributed by atoms with E-state index in [4.69, 9.17) is 4.74 Å². The number of hydrogen-bond acceptors (Lipinski definition) is 5. The minimum absolute atomic E-state index is 0.0387. The SMILES string of the molecule is O=C(NCc1nc(-c2ccncc2)cs1)C1CCCO1. The first kappa shape index (κ1) is 13.2. The van der Waals surface area contributed by atoms with Crippen LogP contribution in [-0.2, 0) is 16.1 Å². The molecule has 104 valence electrons. The Bertz CT molecular complexity index is 579. The Morgan fingerprint density at radius 1 is 1.45 bits per heavy atom. The summed E-state index contributed by atoms with van der Waals surface area (Å²) in [5.41, 5.74) is 1.95. The number of ether oxygens (including phenoxy) is 1. The number of nitrogens with one attached hydrogen (secondary N) is 1. The van der Waals surface area contributed by atoms with E-state index in [1.165, 1.54) is 0 Å². The summed E-state index contributed by atoms with van der Waals surface area (Å²) in [4.78, 5) is 20.3. The molecule has 1 unspecified atom stereocenters. The third-order valence-electron chi connectivity index (χ3n) is 3.16. The fraction of sp³-hybridized carbons (Fsp3) is 0.357. The summed E-state index contributed by atoms with van der Waals surface area (Å²) in [7, 11) is 0. The highest BCUT2D eigenvalue weighted by molar-refractivity contribution is 7.09. The fourth-order valence-electron chi connectivity index (χ4n) is 2.11. The second-order valence-corrected chi connectivity index (χ2v) is 5.52. The van der Waals surface area contributed by atoms with E-state index in [2.05, 4.69) is 15.3 Å². The summed E-state index contributed by atoms with van der Waals surface area (Å²) in [6, 6.07) is 3.84. The zero-order chi connectivity index (χ0) is 13.8. The van der Waals surface area contributed by atoms with Gasteiger partial charge in [-0.3, -0.25) is 9.78 Å². The largest absolute Gasteiger partial charge is 0.368 e. The highest BCUT2D eigenvalue weighted by Crippen LogP contribution is 2.21. The van der Waals surface area contributed by atoms with Crippen LogP contribution in [0.1, 0.15) is 17.8 Å². The number of aromatic nitrogens is 2. The highest BCUT2D eigenvalue weighted by Gasteiger charge is 2.23. The first-order valence-corrected chi connectivity index (χ1v) is 7.45. The predicted octanol–water partition coefficient (Wildman–Crippen LogP) is 2.00. The molecule has 2 aromatic heterocycles. The fourth-order valence-corrected chi connectivity index (χ4v) is 2.85. The van der Waals surface area contributed by atoms with Gasteiger partial charge in [0.25, 0.3) is 0 Å². The molecule has 3 rings (SSSR count). The van der Waals surface area contributed by atoms with Crippen LogP contribution in [0.4, 0.5) is 0 Å². The van der Waals surface area contributed by atoms with Crippen LogP contribution in [0, 0.1) is 0 Å². The Morgan fingerprint density at radius 2 is 2.30 bits per heavy atom. The highest BCUT2D eigenvalue weighted by atomic mass is 32.1. The molecule has 1 amide bonds. The summed E-state index contributed by atoms with van der Waals surface area (Å²) in [6.07, 6.45) is 4.98. The van der Waals surface area contributed by atoms with Gasteiger partial charge in [-0.05, 0) is 25.0 Å². The van der Waals surface area contributed by atoms with Crippen molar-refractivity contribution in [3.05, 3.63) is 34.9 Å². The summed E-state index contributed by atoms with van der Waals surface area (Å²) >= 11 is 1.54. The molecule has 5 nitrogen and oxygen atoms in total. The number of pyridine rings is 1. The van der Waals surface area contributed by atoms with Gasteiger partial charge < -0.3 is 10.1 Å². The average Bonchev–Trinajstić information content (AvgIpc) is 3.17. The Hall–Kier alpha value is -1.79. The van der Waals surface area contributed by atoms with Gasteiger partial charge in [-0.15, -0.1) is 11.3 Å². The average molecular weight is 289 g/mol. The van der Waals surface area contributed by atoms with Crippen molar-refractivity contribution >= 4 is 17.2 Å². The molecule has 0 bridgehead atoms. The topological polar surface area (TPSA) is 64.1 Å². The lowest BCUT2D eigenvalue weighted by atomic mass is 10.2. The lowest BCUT2D eigenvalue weighted by molar-refractivity contribution is -0.130. The second-order valence-electron chi connectivity index (χ2n) is 4.58. The van der Waals surface area contributed by atoms with E-state index in [1.54, 1.807) is 23.7 Å². The van der Waals surface area contributed by atoms with Crippen LogP contribution in [0.15, 0.2) is 29.9 Å². The number of amides is 1. The summed E-state index contributed by atoms with van der Waals surface area (Å²) < 4.78 is 5.34. The molecule has 3 heterocycles. The van der Waals surface area contributed by atoms with Gasteiger partial charge in [-0.1, -0.05) is 0 Å². The van der Waals surface area contributed by atoms with Gasteiger partial charge >= 0.3 is 0 Å². The maximum absolute atomic E-state index is 11.8. The molecule has 2 aromatic rings. The molecule has 0 aromatic carbocycles. The van der Waals surface area contributed by atoms with E-state index in [0.717, 1.165) is 29.1 Å². The molecule has 1 aliphatic rings. The number of carbonyl (C=O) groups excluding carboxylic acids is 1. The third-order valence-corrected chi connectivity index (χ3v) is 4.01. The number of nitrogens with zero attached hydrogens (tertiary/aromatic N) is 2. The molecule has 20 heavy (non-hydrogen) atoms. The van der Waals surface area contributed by atoms with Gasteiger partial charge in [0.1, 0.15) is 11.1 Å². The number of thiazole rings is 1.